The van der Waals surface area contributed by atoms with Crippen molar-refractivity contribution in [1.29, 1.82) is 0 Å². The highest BCUT2D eigenvalue weighted by Gasteiger charge is 2.05. The van der Waals surface area contributed by atoms with Crippen molar-refractivity contribution in [2.75, 3.05) is 6.61 Å². The fourth-order valence-corrected chi connectivity index (χ4v) is 3.25. The van der Waals surface area contributed by atoms with Gasteiger partial charge in [0.05, 0.1) is 12.2 Å². The van der Waals surface area contributed by atoms with Gasteiger partial charge in [-0.1, -0.05) is 82.6 Å². The first-order valence-corrected chi connectivity index (χ1v) is 11.2. The number of esters is 1. The van der Waals surface area contributed by atoms with Crippen LogP contribution in [-0.4, -0.2) is 12.6 Å². The van der Waals surface area contributed by atoms with E-state index in [9.17, 15) is 4.79 Å². The summed E-state index contributed by atoms with van der Waals surface area (Å²) in [6.45, 7) is 4.53. The fourth-order valence-electron chi connectivity index (χ4n) is 3.25. The van der Waals surface area contributed by atoms with Gasteiger partial charge in [0.15, 0.2) is 0 Å². The highest BCUT2D eigenvalue weighted by atomic mass is 16.5. The Kier molecular flexibility index (Phi) is 14.4. The molecule has 0 aliphatic heterocycles. The van der Waals surface area contributed by atoms with Crippen LogP contribution in [0.15, 0.2) is 36.4 Å². The quantitative estimate of drug-likeness (QED) is 0.169. The minimum absolute atomic E-state index is 0.233. The molecule has 1 aromatic rings. The van der Waals surface area contributed by atoms with E-state index in [1.807, 2.05) is 31.2 Å². The van der Waals surface area contributed by atoms with Gasteiger partial charge < -0.3 is 4.74 Å². The number of benzene rings is 1. The molecule has 0 fully saturated rings. The van der Waals surface area contributed by atoms with Crippen LogP contribution < -0.4 is 0 Å². The molecule has 0 bridgehead atoms. The van der Waals surface area contributed by atoms with E-state index >= 15 is 0 Å². The fraction of sp³-hybridized carbons (Fsp3) is 0.640. The molecular weight excluding hydrogens is 332 g/mol. The lowest BCUT2D eigenvalue weighted by Gasteiger charge is -2.03. The van der Waals surface area contributed by atoms with Crippen LogP contribution in [0, 0.1) is 0 Å². The first-order valence-electron chi connectivity index (χ1n) is 11.2. The third kappa shape index (κ3) is 12.4. The number of hydrogen-bond acceptors (Lipinski definition) is 2. The Morgan fingerprint density at radius 2 is 1.33 bits per heavy atom. The zero-order valence-electron chi connectivity index (χ0n) is 17.7. The number of ether oxygens (including phenoxy) is 1. The number of carbonyl (C=O) groups excluding carboxylic acids is 1. The van der Waals surface area contributed by atoms with Gasteiger partial charge in [0.25, 0.3) is 0 Å². The number of rotatable bonds is 16. The summed E-state index contributed by atoms with van der Waals surface area (Å²) in [6.07, 6.45) is 21.8. The SMILES string of the molecule is CCCCCCCCCCCC=CCCCc1ccc(C(=O)OCC)cc1. The number of aryl methyl sites for hydroxylation is 1. The predicted octanol–water partition coefficient (Wildman–Crippen LogP) is 7.66. The Balaban J connectivity index is 1.98. The van der Waals surface area contributed by atoms with E-state index in [-0.39, 0.29) is 5.97 Å². The second-order valence-electron chi connectivity index (χ2n) is 7.40. The van der Waals surface area contributed by atoms with Gasteiger partial charge in [0, 0.05) is 0 Å². The van der Waals surface area contributed by atoms with E-state index in [0.29, 0.717) is 12.2 Å². The highest BCUT2D eigenvalue weighted by Crippen LogP contribution is 2.12. The second kappa shape index (κ2) is 16.6. The molecule has 1 rings (SSSR count). The van der Waals surface area contributed by atoms with Crippen molar-refractivity contribution < 1.29 is 9.53 Å². The van der Waals surface area contributed by atoms with Crippen LogP contribution in [0.2, 0.25) is 0 Å². The van der Waals surface area contributed by atoms with Gasteiger partial charge in [-0.2, -0.15) is 0 Å². The molecule has 0 aliphatic carbocycles. The zero-order valence-corrected chi connectivity index (χ0v) is 17.7. The van der Waals surface area contributed by atoms with Crippen LogP contribution in [0.25, 0.3) is 0 Å². The Bertz CT molecular complexity index is 502. The maximum Gasteiger partial charge on any atom is 0.338 e. The molecule has 1 aromatic carbocycles. The molecule has 2 nitrogen and oxygen atoms in total. The van der Waals surface area contributed by atoms with E-state index in [2.05, 4.69) is 19.1 Å². The van der Waals surface area contributed by atoms with Crippen LogP contribution in [-0.2, 0) is 11.2 Å². The number of carbonyl (C=O) groups is 1. The standard InChI is InChI=1S/C25H40O2/c1-3-5-6-7-8-9-10-11-12-13-14-15-16-17-18-23-19-21-24(22-20-23)25(26)27-4-2/h14-15,19-22H,3-13,16-18H2,1-2H3. The van der Waals surface area contributed by atoms with Gasteiger partial charge in [0.1, 0.15) is 0 Å². The monoisotopic (exact) mass is 372 g/mol. The zero-order chi connectivity index (χ0) is 19.6. The Hall–Kier alpha value is -1.57. The van der Waals surface area contributed by atoms with Crippen molar-refractivity contribution in [2.45, 2.75) is 97.3 Å². The van der Waals surface area contributed by atoms with Crippen molar-refractivity contribution in [1.82, 2.24) is 0 Å². The van der Waals surface area contributed by atoms with E-state index < -0.39 is 0 Å². The molecule has 0 aliphatic rings. The summed E-state index contributed by atoms with van der Waals surface area (Å²) in [5.74, 6) is -0.233. The molecule has 2 heteroatoms. The van der Waals surface area contributed by atoms with Crippen molar-refractivity contribution in [3.63, 3.8) is 0 Å². The van der Waals surface area contributed by atoms with Crippen LogP contribution in [0.4, 0.5) is 0 Å². The van der Waals surface area contributed by atoms with Crippen LogP contribution in [0.3, 0.4) is 0 Å². The van der Waals surface area contributed by atoms with E-state index in [1.165, 1.54) is 69.8 Å². The molecule has 0 saturated heterocycles. The van der Waals surface area contributed by atoms with Gasteiger partial charge in [-0.05, 0) is 56.7 Å². The first-order chi connectivity index (χ1) is 13.3. The Morgan fingerprint density at radius 1 is 0.778 bits per heavy atom. The number of allylic oxidation sites excluding steroid dienone is 2. The normalized spacial score (nSPS) is 11.2. The lowest BCUT2D eigenvalue weighted by Crippen LogP contribution is -2.04. The molecule has 0 unspecified atom stereocenters. The molecule has 0 spiro atoms. The molecule has 0 radical (unpaired) electrons. The van der Waals surface area contributed by atoms with Crippen LogP contribution in [0.1, 0.15) is 107 Å². The molecule has 0 saturated carbocycles. The lowest BCUT2D eigenvalue weighted by molar-refractivity contribution is 0.0526. The van der Waals surface area contributed by atoms with Crippen molar-refractivity contribution in [3.05, 3.63) is 47.5 Å². The van der Waals surface area contributed by atoms with Crippen molar-refractivity contribution in [3.8, 4) is 0 Å². The van der Waals surface area contributed by atoms with E-state index in [1.54, 1.807) is 0 Å². The molecule has 0 heterocycles. The highest BCUT2D eigenvalue weighted by molar-refractivity contribution is 5.89. The topological polar surface area (TPSA) is 26.3 Å². The summed E-state index contributed by atoms with van der Waals surface area (Å²) >= 11 is 0. The van der Waals surface area contributed by atoms with Crippen LogP contribution in [0.5, 0.6) is 0 Å². The Labute approximate surface area is 167 Å². The van der Waals surface area contributed by atoms with Gasteiger partial charge in [-0.3, -0.25) is 0 Å². The largest absolute Gasteiger partial charge is 0.462 e. The summed E-state index contributed by atoms with van der Waals surface area (Å²) < 4.78 is 5.01. The predicted molar refractivity (Wildman–Crippen MR) is 116 cm³/mol. The second-order valence-corrected chi connectivity index (χ2v) is 7.40. The lowest BCUT2D eigenvalue weighted by atomic mass is 10.1. The summed E-state index contributed by atoms with van der Waals surface area (Å²) in [6, 6.07) is 7.82. The average molecular weight is 373 g/mol. The van der Waals surface area contributed by atoms with Gasteiger partial charge >= 0.3 is 5.97 Å². The van der Waals surface area contributed by atoms with Crippen LogP contribution >= 0.6 is 0 Å². The molecule has 0 N–H and O–H groups in total. The van der Waals surface area contributed by atoms with E-state index in [4.69, 9.17) is 4.74 Å². The number of hydrogen-bond donors (Lipinski definition) is 0. The molecule has 0 aromatic heterocycles. The Morgan fingerprint density at radius 3 is 1.93 bits per heavy atom. The molecule has 0 atom stereocenters. The molecule has 27 heavy (non-hydrogen) atoms. The third-order valence-electron chi connectivity index (χ3n) is 4.94. The molecule has 152 valence electrons. The maximum absolute atomic E-state index is 11.6. The minimum atomic E-state index is -0.233. The molecule has 0 amide bonds. The van der Waals surface area contributed by atoms with Gasteiger partial charge in [-0.25, -0.2) is 4.79 Å². The minimum Gasteiger partial charge on any atom is -0.462 e. The summed E-state index contributed by atoms with van der Waals surface area (Å²) in [5, 5.41) is 0. The van der Waals surface area contributed by atoms with Crippen molar-refractivity contribution in [2.24, 2.45) is 0 Å². The van der Waals surface area contributed by atoms with Gasteiger partial charge in [-0.15, -0.1) is 0 Å². The number of unbranched alkanes of at least 4 members (excludes halogenated alkanes) is 10. The third-order valence-corrected chi connectivity index (χ3v) is 4.94. The van der Waals surface area contributed by atoms with Crippen molar-refractivity contribution >= 4 is 5.97 Å². The maximum atomic E-state index is 11.6. The van der Waals surface area contributed by atoms with Gasteiger partial charge in [0.2, 0.25) is 0 Å². The summed E-state index contributed by atoms with van der Waals surface area (Å²) in [7, 11) is 0. The van der Waals surface area contributed by atoms with E-state index in [0.717, 1.165) is 19.3 Å². The first kappa shape index (κ1) is 23.5. The smallest absolute Gasteiger partial charge is 0.338 e. The summed E-state index contributed by atoms with van der Waals surface area (Å²) in [4.78, 5) is 11.6. The molecular formula is C25H40O2. The summed E-state index contributed by atoms with van der Waals surface area (Å²) in [5.41, 5.74) is 1.93. The average Bonchev–Trinajstić information content (AvgIpc) is 2.69.